The van der Waals surface area contributed by atoms with Crippen LogP contribution >= 0.6 is 0 Å². The SMILES string of the molecule is NC1(CCn2cncn2)CCCC1. The second-order valence-electron chi connectivity index (χ2n) is 3.98. The smallest absolute Gasteiger partial charge is 0.137 e. The molecule has 4 heteroatoms. The summed E-state index contributed by atoms with van der Waals surface area (Å²) >= 11 is 0. The molecule has 4 nitrogen and oxygen atoms in total. The van der Waals surface area contributed by atoms with Crippen molar-refractivity contribution in [2.45, 2.75) is 44.2 Å². The monoisotopic (exact) mass is 180 g/mol. The van der Waals surface area contributed by atoms with Crippen molar-refractivity contribution < 1.29 is 0 Å². The molecule has 0 saturated heterocycles. The lowest BCUT2D eigenvalue weighted by molar-refractivity contribution is 0.368. The van der Waals surface area contributed by atoms with Crippen LogP contribution in [0.3, 0.4) is 0 Å². The first-order valence-corrected chi connectivity index (χ1v) is 4.90. The van der Waals surface area contributed by atoms with Crippen molar-refractivity contribution in [1.82, 2.24) is 14.8 Å². The lowest BCUT2D eigenvalue weighted by atomic mass is 9.95. The minimum atomic E-state index is 0.0753. The normalized spacial score (nSPS) is 20.7. The Morgan fingerprint density at radius 3 is 2.77 bits per heavy atom. The highest BCUT2D eigenvalue weighted by Crippen LogP contribution is 2.30. The van der Waals surface area contributed by atoms with Crippen molar-refractivity contribution in [2.24, 2.45) is 5.73 Å². The zero-order valence-electron chi connectivity index (χ0n) is 7.82. The molecular weight excluding hydrogens is 164 g/mol. The third-order valence-electron chi connectivity index (χ3n) is 2.90. The van der Waals surface area contributed by atoms with E-state index in [1.807, 2.05) is 4.68 Å². The van der Waals surface area contributed by atoms with Crippen LogP contribution in [-0.4, -0.2) is 20.3 Å². The molecule has 1 aliphatic rings. The molecule has 0 radical (unpaired) electrons. The molecule has 13 heavy (non-hydrogen) atoms. The topological polar surface area (TPSA) is 56.7 Å². The van der Waals surface area contributed by atoms with Gasteiger partial charge in [0.2, 0.25) is 0 Å². The highest BCUT2D eigenvalue weighted by atomic mass is 15.3. The number of aryl methyl sites for hydroxylation is 1. The number of hydrogen-bond donors (Lipinski definition) is 1. The van der Waals surface area contributed by atoms with E-state index in [2.05, 4.69) is 10.1 Å². The minimum absolute atomic E-state index is 0.0753. The summed E-state index contributed by atoms with van der Waals surface area (Å²) < 4.78 is 1.85. The van der Waals surface area contributed by atoms with Gasteiger partial charge in [-0.05, 0) is 19.3 Å². The summed E-state index contributed by atoms with van der Waals surface area (Å²) in [6.45, 7) is 0.899. The fourth-order valence-corrected chi connectivity index (χ4v) is 2.01. The summed E-state index contributed by atoms with van der Waals surface area (Å²) in [5, 5.41) is 4.06. The lowest BCUT2D eigenvalue weighted by Gasteiger charge is -2.22. The van der Waals surface area contributed by atoms with Gasteiger partial charge >= 0.3 is 0 Å². The molecular formula is C9H16N4. The van der Waals surface area contributed by atoms with Crippen molar-refractivity contribution in [2.75, 3.05) is 0 Å². The summed E-state index contributed by atoms with van der Waals surface area (Å²) in [6.07, 6.45) is 9.25. The molecule has 0 spiro atoms. The van der Waals surface area contributed by atoms with Gasteiger partial charge in [0.1, 0.15) is 12.7 Å². The van der Waals surface area contributed by atoms with E-state index in [1.54, 1.807) is 12.7 Å². The van der Waals surface area contributed by atoms with Crippen molar-refractivity contribution in [3.8, 4) is 0 Å². The molecule has 0 unspecified atom stereocenters. The van der Waals surface area contributed by atoms with Gasteiger partial charge in [0.15, 0.2) is 0 Å². The Morgan fingerprint density at radius 1 is 1.38 bits per heavy atom. The Balaban J connectivity index is 1.85. The molecule has 1 aliphatic carbocycles. The molecule has 1 aromatic rings. The van der Waals surface area contributed by atoms with Gasteiger partial charge in [-0.2, -0.15) is 5.10 Å². The van der Waals surface area contributed by atoms with Crippen LogP contribution in [0.2, 0.25) is 0 Å². The largest absolute Gasteiger partial charge is 0.325 e. The van der Waals surface area contributed by atoms with Gasteiger partial charge in [-0.15, -0.1) is 0 Å². The van der Waals surface area contributed by atoms with Gasteiger partial charge in [-0.25, -0.2) is 4.98 Å². The van der Waals surface area contributed by atoms with Gasteiger partial charge in [-0.3, -0.25) is 4.68 Å². The van der Waals surface area contributed by atoms with E-state index >= 15 is 0 Å². The first-order valence-electron chi connectivity index (χ1n) is 4.90. The Kier molecular flexibility index (Phi) is 2.31. The summed E-state index contributed by atoms with van der Waals surface area (Å²) in [4.78, 5) is 3.90. The van der Waals surface area contributed by atoms with Crippen LogP contribution in [0.15, 0.2) is 12.7 Å². The van der Waals surface area contributed by atoms with Gasteiger partial charge in [0.25, 0.3) is 0 Å². The van der Waals surface area contributed by atoms with E-state index in [1.165, 1.54) is 25.7 Å². The molecule has 0 aliphatic heterocycles. The summed E-state index contributed by atoms with van der Waals surface area (Å²) in [5.41, 5.74) is 6.29. The summed E-state index contributed by atoms with van der Waals surface area (Å²) in [5.74, 6) is 0. The number of hydrogen-bond acceptors (Lipinski definition) is 3. The maximum absolute atomic E-state index is 6.21. The van der Waals surface area contributed by atoms with E-state index in [-0.39, 0.29) is 5.54 Å². The van der Waals surface area contributed by atoms with Gasteiger partial charge in [-0.1, -0.05) is 12.8 Å². The van der Waals surface area contributed by atoms with Gasteiger partial charge < -0.3 is 5.73 Å². The lowest BCUT2D eigenvalue weighted by Crippen LogP contribution is -2.37. The van der Waals surface area contributed by atoms with Crippen LogP contribution in [0, 0.1) is 0 Å². The molecule has 0 amide bonds. The average Bonchev–Trinajstić information content (AvgIpc) is 2.72. The number of nitrogens with two attached hydrogens (primary N) is 1. The van der Waals surface area contributed by atoms with E-state index in [0.717, 1.165) is 13.0 Å². The molecule has 2 rings (SSSR count). The van der Waals surface area contributed by atoms with E-state index < -0.39 is 0 Å². The first kappa shape index (κ1) is 8.69. The van der Waals surface area contributed by atoms with Crippen LogP contribution in [-0.2, 0) is 6.54 Å². The minimum Gasteiger partial charge on any atom is -0.325 e. The highest BCUT2D eigenvalue weighted by Gasteiger charge is 2.28. The number of aromatic nitrogens is 3. The zero-order valence-corrected chi connectivity index (χ0v) is 7.82. The molecule has 72 valence electrons. The van der Waals surface area contributed by atoms with E-state index in [0.29, 0.717) is 0 Å². The fourth-order valence-electron chi connectivity index (χ4n) is 2.01. The van der Waals surface area contributed by atoms with Gasteiger partial charge in [0, 0.05) is 12.1 Å². The van der Waals surface area contributed by atoms with Crippen LogP contribution in [0.25, 0.3) is 0 Å². The Hall–Kier alpha value is -0.900. The predicted octanol–water partition coefficient (Wildman–Crippen LogP) is 0.940. The summed E-state index contributed by atoms with van der Waals surface area (Å²) in [6, 6.07) is 0. The number of rotatable bonds is 3. The van der Waals surface area contributed by atoms with Crippen LogP contribution in [0.4, 0.5) is 0 Å². The molecule has 1 fully saturated rings. The maximum atomic E-state index is 6.21. The van der Waals surface area contributed by atoms with Crippen molar-refractivity contribution in [1.29, 1.82) is 0 Å². The number of nitrogens with zero attached hydrogens (tertiary/aromatic N) is 3. The Morgan fingerprint density at radius 2 is 2.15 bits per heavy atom. The zero-order chi connectivity index (χ0) is 9.15. The van der Waals surface area contributed by atoms with Crippen LogP contribution in [0.1, 0.15) is 32.1 Å². The average molecular weight is 180 g/mol. The van der Waals surface area contributed by atoms with Crippen LogP contribution < -0.4 is 5.73 Å². The molecule has 0 atom stereocenters. The van der Waals surface area contributed by atoms with Crippen LogP contribution in [0.5, 0.6) is 0 Å². The molecule has 0 aromatic carbocycles. The molecule has 1 heterocycles. The Labute approximate surface area is 78.1 Å². The predicted molar refractivity (Wildman–Crippen MR) is 50.0 cm³/mol. The van der Waals surface area contributed by atoms with Crippen molar-refractivity contribution >= 4 is 0 Å². The van der Waals surface area contributed by atoms with E-state index in [9.17, 15) is 0 Å². The van der Waals surface area contributed by atoms with E-state index in [4.69, 9.17) is 5.73 Å². The molecule has 1 aromatic heterocycles. The second-order valence-corrected chi connectivity index (χ2v) is 3.98. The fraction of sp³-hybridized carbons (Fsp3) is 0.778. The first-order chi connectivity index (χ1) is 6.29. The van der Waals surface area contributed by atoms with Crippen molar-refractivity contribution in [3.63, 3.8) is 0 Å². The third kappa shape index (κ3) is 2.06. The standard InChI is InChI=1S/C9H16N4/c10-9(3-1-2-4-9)5-6-13-8-11-7-12-13/h7-8H,1-6,10H2. The highest BCUT2D eigenvalue weighted by molar-refractivity contribution is 4.88. The third-order valence-corrected chi connectivity index (χ3v) is 2.90. The Bertz CT molecular complexity index is 249. The van der Waals surface area contributed by atoms with Crippen molar-refractivity contribution in [3.05, 3.63) is 12.7 Å². The maximum Gasteiger partial charge on any atom is 0.137 e. The van der Waals surface area contributed by atoms with Gasteiger partial charge in [0.05, 0.1) is 0 Å². The second kappa shape index (κ2) is 3.46. The quantitative estimate of drug-likeness (QED) is 0.753. The summed E-state index contributed by atoms with van der Waals surface area (Å²) in [7, 11) is 0. The molecule has 0 bridgehead atoms. The molecule has 2 N–H and O–H groups in total. The molecule has 1 saturated carbocycles.